The molecule has 2 aromatic carbocycles. The van der Waals surface area contributed by atoms with E-state index in [0.717, 1.165) is 0 Å². The van der Waals surface area contributed by atoms with Gasteiger partial charge in [0.15, 0.2) is 5.78 Å². The van der Waals surface area contributed by atoms with E-state index in [-0.39, 0.29) is 35.0 Å². The number of nitrogens with zero attached hydrogens (tertiary/aromatic N) is 1. The second kappa shape index (κ2) is 7.80. The fourth-order valence-corrected chi connectivity index (χ4v) is 2.63. The highest BCUT2D eigenvalue weighted by molar-refractivity contribution is 6.09. The van der Waals surface area contributed by atoms with Crippen LogP contribution in [0.2, 0.25) is 0 Å². The predicted molar refractivity (Wildman–Crippen MR) is 91.4 cm³/mol. The molecule has 1 heterocycles. The number of carbonyl (C=O) groups excluding carboxylic acids is 1. The van der Waals surface area contributed by atoms with Gasteiger partial charge in [-0.15, -0.1) is 0 Å². The minimum Gasteiger partial charge on any atom is -0.462 e. The molecule has 1 saturated heterocycles. The molecule has 0 radical (unpaired) electrons. The Morgan fingerprint density at radius 3 is 2.44 bits per heavy atom. The topological polar surface area (TPSA) is 139 Å². The monoisotopic (exact) mass is 375 g/mol. The van der Waals surface area contributed by atoms with Crippen molar-refractivity contribution < 1.29 is 34.5 Å². The van der Waals surface area contributed by atoms with Gasteiger partial charge in [-0.05, 0) is 24.3 Å². The average Bonchev–Trinajstić information content (AvgIpc) is 2.68. The van der Waals surface area contributed by atoms with Crippen LogP contribution in [0.5, 0.6) is 5.75 Å². The zero-order valence-electron chi connectivity index (χ0n) is 14.0. The fraction of sp³-hybridized carbons (Fsp3) is 0.278. The molecular formula is C18H17NO8. The van der Waals surface area contributed by atoms with Gasteiger partial charge in [-0.1, -0.05) is 12.1 Å². The number of aliphatic hydroxyl groups excluding tert-OH is 3. The van der Waals surface area contributed by atoms with E-state index in [2.05, 4.69) is 0 Å². The second-order valence-electron chi connectivity index (χ2n) is 6.03. The Labute approximate surface area is 153 Å². The van der Waals surface area contributed by atoms with Gasteiger partial charge in [-0.3, -0.25) is 14.9 Å². The predicted octanol–water partition coefficient (Wildman–Crippen LogP) is 0.644. The summed E-state index contributed by atoms with van der Waals surface area (Å²) in [5.74, 6) is -0.147. The van der Waals surface area contributed by atoms with Crippen LogP contribution in [0.15, 0.2) is 48.5 Å². The maximum Gasteiger partial charge on any atom is 0.269 e. The Hall–Kier alpha value is -2.85. The maximum absolute atomic E-state index is 12.6. The van der Waals surface area contributed by atoms with Crippen LogP contribution in [0.25, 0.3) is 0 Å². The summed E-state index contributed by atoms with van der Waals surface area (Å²) in [4.78, 5) is 22.7. The minimum atomic E-state index is -1.46. The van der Waals surface area contributed by atoms with Crippen molar-refractivity contribution in [3.63, 3.8) is 0 Å². The van der Waals surface area contributed by atoms with Gasteiger partial charge in [0.2, 0.25) is 6.29 Å². The number of aliphatic hydroxyl groups is 3. The number of hydrogen-bond donors (Lipinski definition) is 3. The van der Waals surface area contributed by atoms with Crippen LogP contribution in [-0.4, -0.2) is 57.2 Å². The molecule has 0 spiro atoms. The van der Waals surface area contributed by atoms with E-state index >= 15 is 0 Å². The highest BCUT2D eigenvalue weighted by Crippen LogP contribution is 2.23. The zero-order chi connectivity index (χ0) is 19.6. The number of carbonyl (C=O) groups is 1. The van der Waals surface area contributed by atoms with Crippen LogP contribution in [0.4, 0.5) is 5.69 Å². The largest absolute Gasteiger partial charge is 0.462 e. The van der Waals surface area contributed by atoms with E-state index in [9.17, 15) is 30.2 Å². The third-order valence-corrected chi connectivity index (χ3v) is 4.14. The summed E-state index contributed by atoms with van der Waals surface area (Å²) < 4.78 is 10.6. The first kappa shape index (κ1) is 18.9. The Kier molecular flexibility index (Phi) is 5.47. The van der Waals surface area contributed by atoms with Gasteiger partial charge in [0.1, 0.15) is 24.1 Å². The molecule has 1 fully saturated rings. The first-order valence-corrected chi connectivity index (χ1v) is 8.08. The van der Waals surface area contributed by atoms with Crippen LogP contribution in [0, 0.1) is 10.1 Å². The van der Waals surface area contributed by atoms with Gasteiger partial charge < -0.3 is 24.8 Å². The van der Waals surface area contributed by atoms with Crippen LogP contribution in [0.3, 0.4) is 0 Å². The summed E-state index contributed by atoms with van der Waals surface area (Å²) in [6.45, 7) is -0.204. The number of ether oxygens (including phenoxy) is 2. The second-order valence-corrected chi connectivity index (χ2v) is 6.03. The highest BCUT2D eigenvalue weighted by Gasteiger charge is 2.39. The number of ketones is 1. The molecule has 3 rings (SSSR count). The van der Waals surface area contributed by atoms with Crippen LogP contribution >= 0.6 is 0 Å². The van der Waals surface area contributed by atoms with Crippen molar-refractivity contribution in [1.29, 1.82) is 0 Å². The number of rotatable bonds is 5. The molecule has 3 N–H and O–H groups in total. The molecule has 4 atom stereocenters. The molecule has 1 aliphatic heterocycles. The number of benzene rings is 2. The lowest BCUT2D eigenvalue weighted by molar-refractivity contribution is -0.384. The third kappa shape index (κ3) is 4.12. The Balaban J connectivity index is 1.75. The van der Waals surface area contributed by atoms with E-state index in [1.807, 2.05) is 0 Å². The van der Waals surface area contributed by atoms with Crippen LogP contribution in [-0.2, 0) is 4.74 Å². The zero-order valence-corrected chi connectivity index (χ0v) is 14.0. The summed E-state index contributed by atoms with van der Waals surface area (Å²) >= 11 is 0. The number of nitro groups is 1. The van der Waals surface area contributed by atoms with Gasteiger partial charge in [-0.2, -0.15) is 0 Å². The molecular weight excluding hydrogens is 358 g/mol. The van der Waals surface area contributed by atoms with Crippen molar-refractivity contribution in [3.8, 4) is 5.75 Å². The van der Waals surface area contributed by atoms with Gasteiger partial charge in [-0.25, -0.2) is 0 Å². The molecule has 27 heavy (non-hydrogen) atoms. The van der Waals surface area contributed by atoms with Crippen molar-refractivity contribution in [2.45, 2.75) is 24.6 Å². The Morgan fingerprint density at radius 1 is 1.07 bits per heavy atom. The molecule has 142 valence electrons. The Bertz CT molecular complexity index is 838. The van der Waals surface area contributed by atoms with Crippen LogP contribution < -0.4 is 4.74 Å². The van der Waals surface area contributed by atoms with E-state index in [0.29, 0.717) is 0 Å². The van der Waals surface area contributed by atoms with Crippen LogP contribution in [0.1, 0.15) is 15.9 Å². The summed E-state index contributed by atoms with van der Waals surface area (Å²) in [5, 5.41) is 39.7. The molecule has 0 aromatic heterocycles. The van der Waals surface area contributed by atoms with Crippen molar-refractivity contribution in [2.24, 2.45) is 0 Å². The fourth-order valence-electron chi connectivity index (χ4n) is 2.63. The molecule has 0 bridgehead atoms. The summed E-state index contributed by atoms with van der Waals surface area (Å²) in [6.07, 6.45) is -5.28. The molecule has 1 aliphatic rings. The normalized spacial score (nSPS) is 25.0. The molecule has 0 amide bonds. The van der Waals surface area contributed by atoms with Gasteiger partial charge in [0, 0.05) is 23.3 Å². The summed E-state index contributed by atoms with van der Waals surface area (Å²) in [6, 6.07) is 11.3. The van der Waals surface area contributed by atoms with Crippen molar-refractivity contribution >= 4 is 11.5 Å². The molecule has 0 aliphatic carbocycles. The molecule has 9 heteroatoms. The van der Waals surface area contributed by atoms with E-state index in [1.165, 1.54) is 30.3 Å². The van der Waals surface area contributed by atoms with E-state index in [1.54, 1.807) is 18.2 Å². The molecule has 9 nitrogen and oxygen atoms in total. The van der Waals surface area contributed by atoms with E-state index in [4.69, 9.17) is 9.47 Å². The first-order chi connectivity index (χ1) is 12.9. The SMILES string of the molecule is O=C(c1ccc([N+](=O)[O-])cc1)c1cccc(O[C@@H]2OC[C@@H](O)[C@H](O)[C@H]2O)c1. The van der Waals surface area contributed by atoms with Crippen molar-refractivity contribution in [3.05, 3.63) is 69.8 Å². The lowest BCUT2D eigenvalue weighted by atomic mass is 10.0. The van der Waals surface area contributed by atoms with Gasteiger partial charge in [0.25, 0.3) is 5.69 Å². The molecule has 0 unspecified atom stereocenters. The summed E-state index contributed by atoms with van der Waals surface area (Å²) in [7, 11) is 0. The lowest BCUT2D eigenvalue weighted by Crippen LogP contribution is -2.54. The molecule has 0 saturated carbocycles. The van der Waals surface area contributed by atoms with E-state index < -0.39 is 29.5 Å². The average molecular weight is 375 g/mol. The molecule has 2 aromatic rings. The first-order valence-electron chi connectivity index (χ1n) is 8.08. The standard InChI is InChI=1S/C18H17NO8/c20-14-9-26-18(17(23)16(14)22)27-13-3-1-2-11(8-13)15(21)10-4-6-12(7-5-10)19(24)25/h1-8,14,16-18,20,22-23H,9H2/t14-,16+,17-,18+/m1/s1. The number of non-ortho nitro benzene ring substituents is 1. The number of nitro benzene ring substituents is 1. The minimum absolute atomic E-state index is 0.118. The highest BCUT2D eigenvalue weighted by atomic mass is 16.7. The lowest BCUT2D eigenvalue weighted by Gasteiger charge is -2.34. The third-order valence-electron chi connectivity index (χ3n) is 4.14. The van der Waals surface area contributed by atoms with Gasteiger partial charge in [0.05, 0.1) is 11.5 Å². The van der Waals surface area contributed by atoms with Crippen molar-refractivity contribution in [1.82, 2.24) is 0 Å². The maximum atomic E-state index is 12.6. The van der Waals surface area contributed by atoms with Gasteiger partial charge >= 0.3 is 0 Å². The Morgan fingerprint density at radius 2 is 1.78 bits per heavy atom. The number of hydrogen-bond acceptors (Lipinski definition) is 8. The summed E-state index contributed by atoms with van der Waals surface area (Å²) in [5.41, 5.74) is 0.422. The van der Waals surface area contributed by atoms with Crippen molar-refractivity contribution in [2.75, 3.05) is 6.61 Å². The quantitative estimate of drug-likeness (QED) is 0.393. The smallest absolute Gasteiger partial charge is 0.269 e.